The van der Waals surface area contributed by atoms with Gasteiger partial charge >= 0.3 is 0 Å². The molecule has 1 aromatic rings. The smallest absolute Gasteiger partial charge is 0.0788 e. The van der Waals surface area contributed by atoms with Crippen molar-refractivity contribution in [1.29, 1.82) is 0 Å². The van der Waals surface area contributed by atoms with Crippen molar-refractivity contribution in [2.75, 3.05) is 7.11 Å². The molecule has 0 aromatic heterocycles. The van der Waals surface area contributed by atoms with E-state index >= 15 is 0 Å². The van der Waals surface area contributed by atoms with Crippen molar-refractivity contribution < 1.29 is 4.74 Å². The third-order valence-electron chi connectivity index (χ3n) is 2.49. The molecule has 0 fully saturated rings. The number of rotatable bonds is 6. The molecule has 0 saturated carbocycles. The maximum absolute atomic E-state index is 4.90. The number of unbranched alkanes of at least 4 members (excludes halogenated alkanes) is 1. The molecule has 0 aliphatic carbocycles. The van der Waals surface area contributed by atoms with E-state index in [0.717, 1.165) is 6.42 Å². The van der Waals surface area contributed by atoms with Gasteiger partial charge in [-0.05, 0) is 36.5 Å². The highest BCUT2D eigenvalue weighted by atomic mass is 16.5. The van der Waals surface area contributed by atoms with Gasteiger partial charge in [0.1, 0.15) is 0 Å². The van der Waals surface area contributed by atoms with Crippen LogP contribution in [0.2, 0.25) is 0 Å². The van der Waals surface area contributed by atoms with E-state index in [1.807, 2.05) is 0 Å². The number of aryl methyl sites for hydroxylation is 1. The monoisotopic (exact) mass is 204 g/mol. The molecule has 15 heavy (non-hydrogen) atoms. The molecule has 0 heterocycles. The minimum atomic E-state index is 0.966. The van der Waals surface area contributed by atoms with E-state index in [1.165, 1.54) is 30.4 Å². The van der Waals surface area contributed by atoms with Crippen LogP contribution in [0.1, 0.15) is 30.9 Å². The molecule has 0 atom stereocenters. The second-order valence-corrected chi connectivity index (χ2v) is 3.68. The van der Waals surface area contributed by atoms with Crippen LogP contribution in [-0.4, -0.2) is 7.11 Å². The van der Waals surface area contributed by atoms with Crippen molar-refractivity contribution >= 4 is 0 Å². The first kappa shape index (κ1) is 11.8. The molecular formula is C14H20O. The molecule has 0 amide bonds. The Balaban J connectivity index is 2.63. The number of benzene rings is 1. The Morgan fingerprint density at radius 2 is 1.93 bits per heavy atom. The summed E-state index contributed by atoms with van der Waals surface area (Å²) >= 11 is 0. The lowest BCUT2D eigenvalue weighted by atomic mass is 10.00. The molecule has 1 aromatic carbocycles. The summed E-state index contributed by atoms with van der Waals surface area (Å²) in [5, 5.41) is 0. The molecule has 82 valence electrons. The van der Waals surface area contributed by atoms with Gasteiger partial charge in [-0.1, -0.05) is 37.6 Å². The van der Waals surface area contributed by atoms with E-state index in [1.54, 1.807) is 13.4 Å². The van der Waals surface area contributed by atoms with Crippen LogP contribution in [0.3, 0.4) is 0 Å². The van der Waals surface area contributed by atoms with E-state index in [-0.39, 0.29) is 0 Å². The summed E-state index contributed by atoms with van der Waals surface area (Å²) in [6, 6.07) is 8.65. The predicted octanol–water partition coefficient (Wildman–Crippen LogP) is 3.73. The minimum Gasteiger partial charge on any atom is -0.505 e. The zero-order valence-electron chi connectivity index (χ0n) is 9.70. The minimum absolute atomic E-state index is 0.966. The molecule has 0 aliphatic rings. The first-order valence-corrected chi connectivity index (χ1v) is 5.63. The van der Waals surface area contributed by atoms with E-state index in [2.05, 4.69) is 37.3 Å². The first-order valence-electron chi connectivity index (χ1n) is 5.63. The van der Waals surface area contributed by atoms with Gasteiger partial charge in [0, 0.05) is 0 Å². The SMILES string of the molecule is CCCCc1ccccc1CC=COC. The molecule has 0 unspecified atom stereocenters. The standard InChI is InChI=1S/C14H20O/c1-3-4-8-13-9-5-6-10-14(13)11-7-12-15-2/h5-7,9-10,12H,3-4,8,11H2,1-2H3. The maximum Gasteiger partial charge on any atom is 0.0788 e. The average molecular weight is 204 g/mol. The van der Waals surface area contributed by atoms with Crippen LogP contribution >= 0.6 is 0 Å². The lowest BCUT2D eigenvalue weighted by molar-refractivity contribution is 0.337. The van der Waals surface area contributed by atoms with Crippen LogP contribution < -0.4 is 0 Å². The van der Waals surface area contributed by atoms with E-state index in [9.17, 15) is 0 Å². The lowest BCUT2D eigenvalue weighted by Gasteiger charge is -2.06. The van der Waals surface area contributed by atoms with E-state index in [4.69, 9.17) is 4.74 Å². The molecule has 1 rings (SSSR count). The molecule has 0 saturated heterocycles. The molecule has 0 spiro atoms. The van der Waals surface area contributed by atoms with Gasteiger partial charge in [-0.25, -0.2) is 0 Å². The van der Waals surface area contributed by atoms with E-state index in [0.29, 0.717) is 0 Å². The summed E-state index contributed by atoms with van der Waals surface area (Å²) in [5.41, 5.74) is 2.89. The molecular weight excluding hydrogens is 184 g/mol. The summed E-state index contributed by atoms with van der Waals surface area (Å²) in [6.07, 6.45) is 8.48. The highest BCUT2D eigenvalue weighted by Gasteiger charge is 1.98. The van der Waals surface area contributed by atoms with E-state index < -0.39 is 0 Å². The fourth-order valence-electron chi connectivity index (χ4n) is 1.64. The summed E-state index contributed by atoms with van der Waals surface area (Å²) in [7, 11) is 1.68. The summed E-state index contributed by atoms with van der Waals surface area (Å²) in [4.78, 5) is 0. The van der Waals surface area contributed by atoms with Gasteiger partial charge in [0.05, 0.1) is 13.4 Å². The third kappa shape index (κ3) is 4.20. The van der Waals surface area contributed by atoms with Crippen LogP contribution in [-0.2, 0) is 17.6 Å². The van der Waals surface area contributed by atoms with Gasteiger partial charge in [0.15, 0.2) is 0 Å². The second kappa shape index (κ2) is 7.10. The van der Waals surface area contributed by atoms with Crippen molar-refractivity contribution in [3.63, 3.8) is 0 Å². The van der Waals surface area contributed by atoms with Gasteiger partial charge < -0.3 is 4.74 Å². The quantitative estimate of drug-likeness (QED) is 0.641. The second-order valence-electron chi connectivity index (χ2n) is 3.68. The Kier molecular flexibility index (Phi) is 5.60. The largest absolute Gasteiger partial charge is 0.505 e. The van der Waals surface area contributed by atoms with Gasteiger partial charge in [-0.3, -0.25) is 0 Å². The Labute approximate surface area is 92.8 Å². The number of hydrogen-bond donors (Lipinski definition) is 0. The van der Waals surface area contributed by atoms with Crippen LogP contribution in [0, 0.1) is 0 Å². The molecule has 1 nitrogen and oxygen atoms in total. The fraction of sp³-hybridized carbons (Fsp3) is 0.429. The Hall–Kier alpha value is -1.24. The van der Waals surface area contributed by atoms with Crippen LogP contribution in [0.4, 0.5) is 0 Å². The molecule has 0 radical (unpaired) electrons. The zero-order chi connectivity index (χ0) is 10.9. The van der Waals surface area contributed by atoms with Crippen molar-refractivity contribution in [3.05, 3.63) is 47.7 Å². The van der Waals surface area contributed by atoms with Crippen molar-refractivity contribution in [2.24, 2.45) is 0 Å². The topological polar surface area (TPSA) is 9.23 Å². The maximum atomic E-state index is 4.90. The van der Waals surface area contributed by atoms with Gasteiger partial charge in [0.2, 0.25) is 0 Å². The number of ether oxygens (including phenoxy) is 1. The van der Waals surface area contributed by atoms with Crippen molar-refractivity contribution in [2.45, 2.75) is 32.6 Å². The van der Waals surface area contributed by atoms with Gasteiger partial charge in [0.25, 0.3) is 0 Å². The summed E-state index contributed by atoms with van der Waals surface area (Å²) in [5.74, 6) is 0. The van der Waals surface area contributed by atoms with Crippen LogP contribution in [0.15, 0.2) is 36.6 Å². The Morgan fingerprint density at radius 3 is 2.60 bits per heavy atom. The molecule has 1 heteroatoms. The molecule has 0 bridgehead atoms. The average Bonchev–Trinajstić information content (AvgIpc) is 2.28. The molecule has 0 aliphatic heterocycles. The predicted molar refractivity (Wildman–Crippen MR) is 64.9 cm³/mol. The Bertz CT molecular complexity index is 302. The highest BCUT2D eigenvalue weighted by Crippen LogP contribution is 2.13. The number of allylic oxidation sites excluding steroid dienone is 1. The number of methoxy groups -OCH3 is 1. The van der Waals surface area contributed by atoms with Gasteiger partial charge in [-0.15, -0.1) is 0 Å². The fourth-order valence-corrected chi connectivity index (χ4v) is 1.64. The van der Waals surface area contributed by atoms with Crippen LogP contribution in [0.25, 0.3) is 0 Å². The van der Waals surface area contributed by atoms with Gasteiger partial charge in [-0.2, -0.15) is 0 Å². The zero-order valence-corrected chi connectivity index (χ0v) is 9.70. The summed E-state index contributed by atoms with van der Waals surface area (Å²) < 4.78 is 4.90. The first-order chi connectivity index (χ1) is 7.38. The lowest BCUT2D eigenvalue weighted by Crippen LogP contribution is -1.92. The number of hydrogen-bond acceptors (Lipinski definition) is 1. The van der Waals surface area contributed by atoms with Crippen molar-refractivity contribution in [3.8, 4) is 0 Å². The highest BCUT2D eigenvalue weighted by molar-refractivity contribution is 5.28. The third-order valence-corrected chi connectivity index (χ3v) is 2.49. The van der Waals surface area contributed by atoms with Crippen LogP contribution in [0.5, 0.6) is 0 Å². The summed E-state index contributed by atoms with van der Waals surface area (Å²) in [6.45, 7) is 2.23. The normalized spacial score (nSPS) is 10.8. The molecule has 0 N–H and O–H groups in total. The van der Waals surface area contributed by atoms with Crippen molar-refractivity contribution in [1.82, 2.24) is 0 Å². The Morgan fingerprint density at radius 1 is 1.20 bits per heavy atom.